The van der Waals surface area contributed by atoms with Crippen molar-refractivity contribution in [3.8, 4) is 0 Å². The van der Waals surface area contributed by atoms with Crippen LogP contribution >= 0.6 is 0 Å². The van der Waals surface area contributed by atoms with E-state index in [1.165, 1.54) is 6.07 Å². The number of sulfonamides is 1. The van der Waals surface area contributed by atoms with Gasteiger partial charge < -0.3 is 9.84 Å². The Balaban J connectivity index is 2.22. The molecule has 1 heterocycles. The Kier molecular flexibility index (Phi) is 4.64. The molecule has 0 radical (unpaired) electrons. The summed E-state index contributed by atoms with van der Waals surface area (Å²) >= 11 is 0. The van der Waals surface area contributed by atoms with Gasteiger partial charge in [0.05, 0.1) is 6.26 Å². The number of aryl methyl sites for hydroxylation is 1. The van der Waals surface area contributed by atoms with E-state index in [0.29, 0.717) is 10.1 Å². The maximum Gasteiger partial charge on any atom is 0.245 e. The average Bonchev–Trinajstić information content (AvgIpc) is 2.85. The highest BCUT2D eigenvalue weighted by molar-refractivity contribution is 7.92. The van der Waals surface area contributed by atoms with Gasteiger partial charge in [-0.1, -0.05) is 11.2 Å². The van der Waals surface area contributed by atoms with Gasteiger partial charge in [-0.25, -0.2) is 21.5 Å². The Morgan fingerprint density at radius 2 is 1.96 bits per heavy atom. The Labute approximate surface area is 130 Å². The SMILES string of the molecule is Cc1cc(N(CC(=O)Nc2c(F)cccc2F)S(C)(=O)=O)no1. The van der Waals surface area contributed by atoms with Crippen molar-refractivity contribution in [1.29, 1.82) is 0 Å². The normalized spacial score (nSPS) is 11.3. The third-order valence-electron chi connectivity index (χ3n) is 2.79. The number of amides is 1. The number of nitrogens with zero attached hydrogens (tertiary/aromatic N) is 2. The number of para-hydroxylation sites is 1. The van der Waals surface area contributed by atoms with Gasteiger partial charge in [0.2, 0.25) is 15.9 Å². The smallest absolute Gasteiger partial charge is 0.245 e. The molecule has 0 saturated carbocycles. The minimum Gasteiger partial charge on any atom is -0.360 e. The second-order valence-electron chi connectivity index (χ2n) is 4.71. The van der Waals surface area contributed by atoms with Crippen LogP contribution in [0.15, 0.2) is 28.8 Å². The molecule has 10 heteroatoms. The van der Waals surface area contributed by atoms with Crippen LogP contribution in [-0.2, 0) is 14.8 Å². The van der Waals surface area contributed by atoms with Crippen LogP contribution < -0.4 is 9.62 Å². The van der Waals surface area contributed by atoms with Gasteiger partial charge >= 0.3 is 0 Å². The Morgan fingerprint density at radius 3 is 2.43 bits per heavy atom. The summed E-state index contributed by atoms with van der Waals surface area (Å²) in [5.41, 5.74) is -0.651. The van der Waals surface area contributed by atoms with Gasteiger partial charge in [0.25, 0.3) is 0 Å². The van der Waals surface area contributed by atoms with Crippen LogP contribution in [0.25, 0.3) is 0 Å². The van der Waals surface area contributed by atoms with E-state index in [9.17, 15) is 22.0 Å². The molecular weight excluding hydrogens is 332 g/mol. The molecule has 1 aromatic carbocycles. The number of anilines is 2. The number of hydrogen-bond donors (Lipinski definition) is 1. The predicted molar refractivity (Wildman–Crippen MR) is 78.4 cm³/mol. The summed E-state index contributed by atoms with van der Waals surface area (Å²) in [6, 6.07) is 4.39. The van der Waals surface area contributed by atoms with Crippen molar-refractivity contribution >= 4 is 27.4 Å². The van der Waals surface area contributed by atoms with Crippen LogP contribution in [0.1, 0.15) is 5.76 Å². The van der Waals surface area contributed by atoms with Gasteiger partial charge in [-0.2, -0.15) is 0 Å². The minimum absolute atomic E-state index is 0.103. The van der Waals surface area contributed by atoms with Gasteiger partial charge in [-0.15, -0.1) is 0 Å². The lowest BCUT2D eigenvalue weighted by Gasteiger charge is -2.18. The van der Waals surface area contributed by atoms with Crippen LogP contribution in [0.3, 0.4) is 0 Å². The van der Waals surface area contributed by atoms with Crippen molar-refractivity contribution in [2.75, 3.05) is 22.4 Å². The number of halogens is 2. The van der Waals surface area contributed by atoms with Gasteiger partial charge in [-0.3, -0.25) is 4.79 Å². The van der Waals surface area contributed by atoms with E-state index < -0.39 is 39.8 Å². The fourth-order valence-electron chi connectivity index (χ4n) is 1.77. The van der Waals surface area contributed by atoms with E-state index >= 15 is 0 Å². The fourth-order valence-corrected chi connectivity index (χ4v) is 2.54. The first kappa shape index (κ1) is 16.9. The number of rotatable bonds is 5. The number of nitrogens with one attached hydrogen (secondary N) is 1. The first-order valence-corrected chi connectivity index (χ1v) is 8.18. The zero-order chi connectivity index (χ0) is 17.2. The zero-order valence-corrected chi connectivity index (χ0v) is 13.0. The molecular formula is C13H13F2N3O4S. The molecule has 0 spiro atoms. The maximum atomic E-state index is 13.5. The Morgan fingerprint density at radius 1 is 1.35 bits per heavy atom. The molecule has 0 unspecified atom stereocenters. The Hall–Kier alpha value is -2.49. The highest BCUT2D eigenvalue weighted by Crippen LogP contribution is 2.20. The lowest BCUT2D eigenvalue weighted by molar-refractivity contribution is -0.114. The number of carbonyl (C=O) groups excluding carboxylic acids is 1. The second-order valence-corrected chi connectivity index (χ2v) is 6.62. The summed E-state index contributed by atoms with van der Waals surface area (Å²) in [5, 5.41) is 5.53. The van der Waals surface area contributed by atoms with Crippen molar-refractivity contribution in [3.05, 3.63) is 41.7 Å². The van der Waals surface area contributed by atoms with Crippen LogP contribution in [0, 0.1) is 18.6 Å². The third-order valence-corrected chi connectivity index (χ3v) is 3.90. The minimum atomic E-state index is -3.85. The second kappa shape index (κ2) is 6.32. The predicted octanol–water partition coefficient (Wildman–Crippen LogP) is 1.67. The van der Waals surface area contributed by atoms with Crippen LogP contribution in [0.5, 0.6) is 0 Å². The zero-order valence-electron chi connectivity index (χ0n) is 12.2. The fraction of sp³-hybridized carbons (Fsp3) is 0.231. The number of aromatic nitrogens is 1. The third kappa shape index (κ3) is 4.03. The quantitative estimate of drug-likeness (QED) is 0.890. The molecule has 7 nitrogen and oxygen atoms in total. The van der Waals surface area contributed by atoms with Gasteiger partial charge in [0, 0.05) is 6.07 Å². The van der Waals surface area contributed by atoms with E-state index in [1.54, 1.807) is 6.92 Å². The topological polar surface area (TPSA) is 92.5 Å². The standard InChI is InChI=1S/C13H13F2N3O4S/c1-8-6-11(17-22-8)18(23(2,20)21)7-12(19)16-13-9(14)4-3-5-10(13)15/h3-6H,7H2,1-2H3,(H,16,19). The first-order chi connectivity index (χ1) is 10.7. The molecule has 0 aliphatic rings. The van der Waals surface area contributed by atoms with E-state index in [1.807, 2.05) is 5.32 Å². The molecule has 124 valence electrons. The van der Waals surface area contributed by atoms with Gasteiger partial charge in [0.15, 0.2) is 5.82 Å². The van der Waals surface area contributed by atoms with Gasteiger partial charge in [0.1, 0.15) is 29.6 Å². The molecule has 1 aromatic heterocycles. The van der Waals surface area contributed by atoms with Crippen LogP contribution in [0.2, 0.25) is 0 Å². The highest BCUT2D eigenvalue weighted by Gasteiger charge is 2.24. The summed E-state index contributed by atoms with van der Waals surface area (Å²) in [5.74, 6) is -2.63. The van der Waals surface area contributed by atoms with E-state index in [4.69, 9.17) is 4.52 Å². The number of benzene rings is 1. The summed E-state index contributed by atoms with van der Waals surface area (Å²) in [4.78, 5) is 11.9. The molecule has 0 atom stereocenters. The Bertz CT molecular complexity index is 815. The molecule has 0 saturated heterocycles. The molecule has 0 aliphatic heterocycles. The first-order valence-electron chi connectivity index (χ1n) is 6.33. The van der Waals surface area contributed by atoms with E-state index in [2.05, 4.69) is 5.16 Å². The average molecular weight is 345 g/mol. The van der Waals surface area contributed by atoms with Crippen molar-refractivity contribution in [2.45, 2.75) is 6.92 Å². The summed E-state index contributed by atoms with van der Waals surface area (Å²) in [6.45, 7) is 0.838. The monoisotopic (exact) mass is 345 g/mol. The van der Waals surface area contributed by atoms with E-state index in [-0.39, 0.29) is 5.82 Å². The number of carbonyl (C=O) groups is 1. The lowest BCUT2D eigenvalue weighted by Crippen LogP contribution is -2.37. The van der Waals surface area contributed by atoms with Crippen molar-refractivity contribution in [2.24, 2.45) is 0 Å². The summed E-state index contributed by atoms with van der Waals surface area (Å²) in [7, 11) is -3.85. The molecule has 23 heavy (non-hydrogen) atoms. The molecule has 1 N–H and O–H groups in total. The summed E-state index contributed by atoms with van der Waals surface area (Å²) < 4.78 is 56.0. The molecule has 0 bridgehead atoms. The number of hydrogen-bond acceptors (Lipinski definition) is 5. The van der Waals surface area contributed by atoms with Crippen molar-refractivity contribution < 1.29 is 26.5 Å². The van der Waals surface area contributed by atoms with Crippen LogP contribution in [0.4, 0.5) is 20.3 Å². The summed E-state index contributed by atoms with van der Waals surface area (Å²) in [6.07, 6.45) is 0.869. The van der Waals surface area contributed by atoms with E-state index in [0.717, 1.165) is 24.5 Å². The molecule has 2 aromatic rings. The van der Waals surface area contributed by atoms with Crippen LogP contribution in [-0.4, -0.2) is 32.3 Å². The maximum absolute atomic E-state index is 13.5. The largest absolute Gasteiger partial charge is 0.360 e. The van der Waals surface area contributed by atoms with Crippen molar-refractivity contribution in [3.63, 3.8) is 0 Å². The molecule has 0 fully saturated rings. The molecule has 0 aliphatic carbocycles. The highest BCUT2D eigenvalue weighted by atomic mass is 32.2. The molecule has 2 rings (SSSR count). The van der Waals surface area contributed by atoms with Crippen molar-refractivity contribution in [1.82, 2.24) is 5.16 Å². The lowest BCUT2D eigenvalue weighted by atomic mass is 10.3. The molecule has 1 amide bonds. The van der Waals surface area contributed by atoms with Gasteiger partial charge in [-0.05, 0) is 19.1 Å².